The monoisotopic (exact) mass is 378 g/mol. The molecule has 2 N–H and O–H groups in total. The van der Waals surface area contributed by atoms with Crippen LogP contribution in [-0.2, 0) is 9.53 Å². The molecule has 0 aromatic carbocycles. The molecule has 0 aliphatic heterocycles. The van der Waals surface area contributed by atoms with Crippen molar-refractivity contribution in [3.05, 3.63) is 0 Å². The van der Waals surface area contributed by atoms with Crippen molar-refractivity contribution in [3.8, 4) is 0 Å². The summed E-state index contributed by atoms with van der Waals surface area (Å²) in [6, 6.07) is 0.0351. The van der Waals surface area contributed by atoms with Gasteiger partial charge in [-0.2, -0.15) is 0 Å². The molecule has 154 valence electrons. The van der Waals surface area contributed by atoms with Crippen LogP contribution in [0.3, 0.4) is 0 Å². The predicted molar refractivity (Wildman–Crippen MR) is 106 cm³/mol. The van der Waals surface area contributed by atoms with Gasteiger partial charge in [-0.05, 0) is 76.0 Å². The van der Waals surface area contributed by atoms with Gasteiger partial charge < -0.3 is 15.4 Å². The number of unbranched alkanes of at least 4 members (excludes halogenated alkanes) is 3. The first-order chi connectivity index (χ1) is 13.0. The molecule has 4 bridgehead atoms. The quantitative estimate of drug-likeness (QED) is 0.437. The van der Waals surface area contributed by atoms with Crippen LogP contribution in [0.4, 0.5) is 4.79 Å². The highest BCUT2D eigenvalue weighted by Gasteiger charge is 2.51. The third kappa shape index (κ3) is 5.61. The standard InChI is InChI=1S/C22H38N2O3/c1-3-27-20(25)16(2)8-6-4-5-7-9-23-21(26)24-22-13-17-10-18(14-22)12-19(11-17)15-22/h16-19H,3-15H2,1-2H3,(H2,23,24,26). The molecule has 4 fully saturated rings. The lowest BCUT2D eigenvalue weighted by Gasteiger charge is -2.56. The Morgan fingerprint density at radius 1 is 1.00 bits per heavy atom. The van der Waals surface area contributed by atoms with Gasteiger partial charge in [-0.15, -0.1) is 0 Å². The normalized spacial score (nSPS) is 32.1. The van der Waals surface area contributed by atoms with Crippen molar-refractivity contribution in [1.29, 1.82) is 0 Å². The van der Waals surface area contributed by atoms with E-state index < -0.39 is 0 Å². The Morgan fingerprint density at radius 2 is 1.59 bits per heavy atom. The predicted octanol–water partition coefficient (Wildman–Crippen LogP) is 4.40. The van der Waals surface area contributed by atoms with E-state index in [1.807, 2.05) is 13.8 Å². The fourth-order valence-electron chi connectivity index (χ4n) is 6.08. The smallest absolute Gasteiger partial charge is 0.315 e. The van der Waals surface area contributed by atoms with E-state index in [-0.39, 0.29) is 23.5 Å². The van der Waals surface area contributed by atoms with E-state index in [4.69, 9.17) is 4.74 Å². The Bertz CT molecular complexity index is 484. The van der Waals surface area contributed by atoms with E-state index in [0.29, 0.717) is 6.61 Å². The third-order valence-corrected chi connectivity index (χ3v) is 6.96. The fraction of sp³-hybridized carbons (Fsp3) is 0.909. The first kappa shape index (κ1) is 20.5. The van der Waals surface area contributed by atoms with E-state index >= 15 is 0 Å². The van der Waals surface area contributed by atoms with Crippen molar-refractivity contribution in [3.63, 3.8) is 0 Å². The average Bonchev–Trinajstić information content (AvgIpc) is 2.59. The molecule has 1 unspecified atom stereocenters. The van der Waals surface area contributed by atoms with Gasteiger partial charge in [0.15, 0.2) is 0 Å². The summed E-state index contributed by atoms with van der Waals surface area (Å²) < 4.78 is 5.03. The first-order valence-corrected chi connectivity index (χ1v) is 11.2. The molecule has 0 spiro atoms. The second kappa shape index (κ2) is 9.29. The van der Waals surface area contributed by atoms with Crippen LogP contribution in [0.2, 0.25) is 0 Å². The number of urea groups is 1. The Hall–Kier alpha value is -1.26. The first-order valence-electron chi connectivity index (χ1n) is 11.2. The second-order valence-corrected chi connectivity index (χ2v) is 9.43. The minimum absolute atomic E-state index is 0.00543. The maximum Gasteiger partial charge on any atom is 0.315 e. The van der Waals surface area contributed by atoms with Crippen LogP contribution in [0.15, 0.2) is 0 Å². The van der Waals surface area contributed by atoms with Gasteiger partial charge in [0, 0.05) is 12.1 Å². The Balaban J connectivity index is 1.24. The maximum absolute atomic E-state index is 12.4. The van der Waals surface area contributed by atoms with Crippen LogP contribution in [0.25, 0.3) is 0 Å². The molecule has 0 heterocycles. The number of amides is 2. The van der Waals surface area contributed by atoms with Crippen molar-refractivity contribution in [2.24, 2.45) is 23.7 Å². The third-order valence-electron chi connectivity index (χ3n) is 6.96. The maximum atomic E-state index is 12.4. The molecule has 1 atom stereocenters. The molecule has 0 aromatic heterocycles. The van der Waals surface area contributed by atoms with Crippen molar-refractivity contribution < 1.29 is 14.3 Å². The van der Waals surface area contributed by atoms with Crippen LogP contribution >= 0.6 is 0 Å². The van der Waals surface area contributed by atoms with Gasteiger partial charge in [-0.25, -0.2) is 4.79 Å². The number of nitrogens with one attached hydrogen (secondary N) is 2. The van der Waals surface area contributed by atoms with Crippen molar-refractivity contribution in [1.82, 2.24) is 10.6 Å². The summed E-state index contributed by atoms with van der Waals surface area (Å²) in [4.78, 5) is 23.9. The number of hydrogen-bond donors (Lipinski definition) is 2. The van der Waals surface area contributed by atoms with Gasteiger partial charge in [0.25, 0.3) is 0 Å². The van der Waals surface area contributed by atoms with E-state index in [1.165, 1.54) is 38.5 Å². The van der Waals surface area contributed by atoms with E-state index in [9.17, 15) is 9.59 Å². The van der Waals surface area contributed by atoms with Crippen molar-refractivity contribution in [2.75, 3.05) is 13.2 Å². The van der Waals surface area contributed by atoms with Crippen LogP contribution in [-0.4, -0.2) is 30.7 Å². The van der Waals surface area contributed by atoms with Crippen LogP contribution in [0, 0.1) is 23.7 Å². The van der Waals surface area contributed by atoms with Gasteiger partial charge in [0.05, 0.1) is 12.5 Å². The molecule has 5 heteroatoms. The molecule has 4 saturated carbocycles. The molecule has 2 amide bonds. The lowest BCUT2D eigenvalue weighted by atomic mass is 9.53. The highest BCUT2D eigenvalue weighted by molar-refractivity contribution is 5.74. The summed E-state index contributed by atoms with van der Waals surface area (Å²) in [6.07, 6.45) is 12.9. The molecule has 0 saturated heterocycles. The van der Waals surface area contributed by atoms with Gasteiger partial charge >= 0.3 is 12.0 Å². The zero-order valence-electron chi connectivity index (χ0n) is 17.2. The van der Waals surface area contributed by atoms with E-state index in [0.717, 1.165) is 56.4 Å². The van der Waals surface area contributed by atoms with Gasteiger partial charge in [-0.1, -0.05) is 26.2 Å². The number of hydrogen-bond acceptors (Lipinski definition) is 3. The highest BCUT2D eigenvalue weighted by Crippen LogP contribution is 2.55. The summed E-state index contributed by atoms with van der Waals surface area (Å²) in [5.41, 5.74) is 0.0993. The number of ether oxygens (including phenoxy) is 1. The number of carbonyl (C=O) groups is 2. The zero-order valence-corrected chi connectivity index (χ0v) is 17.2. The fourth-order valence-corrected chi connectivity index (χ4v) is 6.08. The highest BCUT2D eigenvalue weighted by atomic mass is 16.5. The lowest BCUT2D eigenvalue weighted by Crippen LogP contribution is -2.61. The summed E-state index contributed by atoms with van der Waals surface area (Å²) in [7, 11) is 0. The number of esters is 1. The Morgan fingerprint density at radius 3 is 2.19 bits per heavy atom. The largest absolute Gasteiger partial charge is 0.466 e. The van der Waals surface area contributed by atoms with E-state index in [1.54, 1.807) is 0 Å². The number of carbonyl (C=O) groups excluding carboxylic acids is 2. The van der Waals surface area contributed by atoms with Crippen molar-refractivity contribution >= 4 is 12.0 Å². The lowest BCUT2D eigenvalue weighted by molar-refractivity contribution is -0.147. The average molecular weight is 379 g/mol. The molecule has 0 radical (unpaired) electrons. The van der Waals surface area contributed by atoms with Crippen molar-refractivity contribution in [2.45, 2.75) is 90.0 Å². The molecule has 5 nitrogen and oxygen atoms in total. The molecular formula is C22H38N2O3. The molecule has 4 rings (SSSR count). The van der Waals surface area contributed by atoms with Crippen LogP contribution in [0.1, 0.15) is 84.5 Å². The Labute approximate surface area is 164 Å². The van der Waals surface area contributed by atoms with E-state index in [2.05, 4.69) is 10.6 Å². The van der Waals surface area contributed by atoms with Crippen LogP contribution < -0.4 is 10.6 Å². The van der Waals surface area contributed by atoms with Gasteiger partial charge in [-0.3, -0.25) is 4.79 Å². The summed E-state index contributed by atoms with van der Waals surface area (Å²) in [6.45, 7) is 4.98. The van der Waals surface area contributed by atoms with Crippen LogP contribution in [0.5, 0.6) is 0 Å². The topological polar surface area (TPSA) is 67.4 Å². The molecular weight excluding hydrogens is 340 g/mol. The molecule has 4 aliphatic carbocycles. The molecule has 4 aliphatic rings. The van der Waals surface area contributed by atoms with Gasteiger partial charge in [0.2, 0.25) is 0 Å². The Kier molecular flexibility index (Phi) is 7.04. The summed E-state index contributed by atoms with van der Waals surface area (Å²) in [5, 5.41) is 6.43. The SMILES string of the molecule is CCOC(=O)C(C)CCCCCCNC(=O)NC12CC3CC(CC(C3)C1)C2. The second-order valence-electron chi connectivity index (χ2n) is 9.43. The zero-order chi connectivity index (χ0) is 19.3. The minimum atomic E-state index is -0.0829. The minimum Gasteiger partial charge on any atom is -0.466 e. The van der Waals surface area contributed by atoms with Gasteiger partial charge in [0.1, 0.15) is 0 Å². The summed E-state index contributed by atoms with van der Waals surface area (Å²) in [5.74, 6) is 2.48. The summed E-state index contributed by atoms with van der Waals surface area (Å²) >= 11 is 0. The molecule has 27 heavy (non-hydrogen) atoms. The number of rotatable bonds is 10. The molecule has 0 aromatic rings.